The van der Waals surface area contributed by atoms with E-state index in [4.69, 9.17) is 5.73 Å². The van der Waals surface area contributed by atoms with Gasteiger partial charge in [0.1, 0.15) is 5.69 Å². The fraction of sp³-hybridized carbons (Fsp3) is 0.250. The van der Waals surface area contributed by atoms with Crippen LogP contribution in [-0.4, -0.2) is 17.4 Å². The number of hydrogen-bond acceptors (Lipinski definition) is 4. The Balaban J connectivity index is 2.52. The van der Waals surface area contributed by atoms with Crippen LogP contribution in [0.15, 0.2) is 5.38 Å². The zero-order chi connectivity index (χ0) is 9.68. The van der Waals surface area contributed by atoms with Crippen LogP contribution in [0.25, 0.3) is 0 Å². The van der Waals surface area contributed by atoms with Crippen molar-refractivity contribution in [1.82, 2.24) is 10.3 Å². The third kappa shape index (κ3) is 2.76. The summed E-state index contributed by atoms with van der Waals surface area (Å²) in [6.07, 6.45) is 0. The highest BCUT2D eigenvalue weighted by Crippen LogP contribution is 2.10. The molecule has 0 bridgehead atoms. The van der Waals surface area contributed by atoms with Crippen LogP contribution >= 0.6 is 11.3 Å². The van der Waals surface area contributed by atoms with Gasteiger partial charge >= 0.3 is 0 Å². The predicted octanol–water partition coefficient (Wildman–Crippen LogP) is 0.478. The Morgan fingerprint density at radius 1 is 1.85 bits per heavy atom. The molecule has 0 aliphatic heterocycles. The number of anilines is 1. The standard InChI is InChI=1S/C8H9N3OS/c1-2-3-4-10-7(12)6-5-13-8(9)11-6/h5H,4H2,1H3,(H2,9,11)(H,10,12). The SMILES string of the molecule is CC#CCNC(=O)c1csc(N)n1. The van der Waals surface area contributed by atoms with Gasteiger partial charge in [-0.15, -0.1) is 17.3 Å². The van der Waals surface area contributed by atoms with E-state index in [1.807, 2.05) is 0 Å². The van der Waals surface area contributed by atoms with E-state index >= 15 is 0 Å². The summed E-state index contributed by atoms with van der Waals surface area (Å²) in [5.74, 6) is 5.15. The molecule has 13 heavy (non-hydrogen) atoms. The molecule has 1 heterocycles. The fourth-order valence-electron chi connectivity index (χ4n) is 0.695. The molecule has 0 saturated carbocycles. The van der Waals surface area contributed by atoms with Crippen LogP contribution in [0.2, 0.25) is 0 Å². The summed E-state index contributed by atoms with van der Waals surface area (Å²) in [6.45, 7) is 2.06. The smallest absolute Gasteiger partial charge is 0.271 e. The van der Waals surface area contributed by atoms with Gasteiger partial charge in [-0.05, 0) is 6.92 Å². The molecule has 0 unspecified atom stereocenters. The van der Waals surface area contributed by atoms with E-state index in [0.717, 1.165) is 0 Å². The average molecular weight is 195 g/mol. The van der Waals surface area contributed by atoms with E-state index in [2.05, 4.69) is 22.1 Å². The normalized spacial score (nSPS) is 8.69. The highest BCUT2D eigenvalue weighted by atomic mass is 32.1. The second-order valence-electron chi connectivity index (χ2n) is 2.18. The summed E-state index contributed by atoms with van der Waals surface area (Å²) in [7, 11) is 0. The second-order valence-corrected chi connectivity index (χ2v) is 3.07. The van der Waals surface area contributed by atoms with Gasteiger partial charge in [0.05, 0.1) is 6.54 Å². The summed E-state index contributed by atoms with van der Waals surface area (Å²) in [5.41, 5.74) is 5.72. The Bertz CT molecular complexity index is 361. The molecule has 0 spiro atoms. The molecular formula is C8H9N3OS. The number of carbonyl (C=O) groups is 1. The molecule has 5 heteroatoms. The average Bonchev–Trinajstić information content (AvgIpc) is 2.52. The van der Waals surface area contributed by atoms with Crippen LogP contribution < -0.4 is 11.1 Å². The summed E-state index contributed by atoms with van der Waals surface area (Å²) in [6, 6.07) is 0. The van der Waals surface area contributed by atoms with Crippen molar-refractivity contribution in [2.45, 2.75) is 6.92 Å². The molecule has 1 rings (SSSR count). The van der Waals surface area contributed by atoms with Crippen molar-refractivity contribution in [3.05, 3.63) is 11.1 Å². The topological polar surface area (TPSA) is 68.0 Å². The lowest BCUT2D eigenvalue weighted by Gasteiger charge is -1.95. The molecule has 1 aromatic rings. The zero-order valence-electron chi connectivity index (χ0n) is 7.13. The van der Waals surface area contributed by atoms with Crippen molar-refractivity contribution in [3.63, 3.8) is 0 Å². The van der Waals surface area contributed by atoms with Crippen molar-refractivity contribution in [2.24, 2.45) is 0 Å². The lowest BCUT2D eigenvalue weighted by molar-refractivity contribution is 0.0954. The molecule has 0 atom stereocenters. The Morgan fingerprint density at radius 3 is 3.15 bits per heavy atom. The lowest BCUT2D eigenvalue weighted by atomic mass is 10.4. The monoisotopic (exact) mass is 195 g/mol. The van der Waals surface area contributed by atoms with Gasteiger partial charge in [-0.2, -0.15) is 0 Å². The largest absolute Gasteiger partial charge is 0.375 e. The maximum absolute atomic E-state index is 11.2. The molecule has 0 fully saturated rings. The third-order valence-electron chi connectivity index (χ3n) is 1.27. The zero-order valence-corrected chi connectivity index (χ0v) is 7.94. The fourth-order valence-corrected chi connectivity index (χ4v) is 1.24. The van der Waals surface area contributed by atoms with Crippen molar-refractivity contribution < 1.29 is 4.79 Å². The second kappa shape index (κ2) is 4.48. The summed E-state index contributed by atoms with van der Waals surface area (Å²) >= 11 is 1.24. The predicted molar refractivity (Wildman–Crippen MR) is 52.3 cm³/mol. The van der Waals surface area contributed by atoms with Gasteiger partial charge in [-0.25, -0.2) is 4.98 Å². The third-order valence-corrected chi connectivity index (χ3v) is 1.94. The van der Waals surface area contributed by atoms with E-state index in [-0.39, 0.29) is 5.91 Å². The number of nitrogens with two attached hydrogens (primary N) is 1. The van der Waals surface area contributed by atoms with Gasteiger partial charge in [0.15, 0.2) is 5.13 Å². The van der Waals surface area contributed by atoms with Crippen molar-refractivity contribution >= 4 is 22.4 Å². The number of aromatic nitrogens is 1. The quantitative estimate of drug-likeness (QED) is 0.674. The molecule has 1 aromatic heterocycles. The minimum absolute atomic E-state index is 0.240. The maximum Gasteiger partial charge on any atom is 0.271 e. The number of amides is 1. The molecule has 4 nitrogen and oxygen atoms in total. The Labute approximate surface area is 80.2 Å². The molecule has 0 saturated heterocycles. The molecular weight excluding hydrogens is 186 g/mol. The minimum atomic E-state index is -0.240. The number of nitrogens with zero attached hydrogens (tertiary/aromatic N) is 1. The molecule has 0 radical (unpaired) electrons. The number of nitrogens with one attached hydrogen (secondary N) is 1. The first kappa shape index (κ1) is 9.55. The van der Waals surface area contributed by atoms with E-state index in [0.29, 0.717) is 17.4 Å². The van der Waals surface area contributed by atoms with Crippen LogP contribution in [0, 0.1) is 11.8 Å². The van der Waals surface area contributed by atoms with E-state index in [9.17, 15) is 4.79 Å². The summed E-state index contributed by atoms with van der Waals surface area (Å²) in [5, 5.41) is 4.60. The molecule has 68 valence electrons. The molecule has 3 N–H and O–H groups in total. The van der Waals surface area contributed by atoms with Crippen LogP contribution in [0.5, 0.6) is 0 Å². The molecule has 1 amide bonds. The number of thiazole rings is 1. The Hall–Kier alpha value is -1.54. The first-order chi connectivity index (χ1) is 6.24. The van der Waals surface area contributed by atoms with Crippen LogP contribution in [0.1, 0.15) is 17.4 Å². The van der Waals surface area contributed by atoms with E-state index in [1.165, 1.54) is 11.3 Å². The molecule has 0 aromatic carbocycles. The Morgan fingerprint density at radius 2 is 2.62 bits per heavy atom. The Kier molecular flexibility index (Phi) is 3.29. The highest BCUT2D eigenvalue weighted by molar-refractivity contribution is 7.13. The number of hydrogen-bond donors (Lipinski definition) is 2. The number of nitrogen functional groups attached to an aromatic ring is 1. The van der Waals surface area contributed by atoms with E-state index < -0.39 is 0 Å². The number of carbonyl (C=O) groups excluding carboxylic acids is 1. The first-order valence-corrected chi connectivity index (χ1v) is 4.51. The van der Waals surface area contributed by atoms with Crippen LogP contribution in [0.4, 0.5) is 5.13 Å². The van der Waals surface area contributed by atoms with Gasteiger partial charge in [-0.1, -0.05) is 5.92 Å². The highest BCUT2D eigenvalue weighted by Gasteiger charge is 2.07. The van der Waals surface area contributed by atoms with Gasteiger partial charge in [0.25, 0.3) is 5.91 Å². The lowest BCUT2D eigenvalue weighted by Crippen LogP contribution is -2.23. The maximum atomic E-state index is 11.2. The molecule has 0 aliphatic carbocycles. The summed E-state index contributed by atoms with van der Waals surface area (Å²) in [4.78, 5) is 15.1. The van der Waals surface area contributed by atoms with Gasteiger partial charge in [-0.3, -0.25) is 4.79 Å². The van der Waals surface area contributed by atoms with Crippen molar-refractivity contribution in [2.75, 3.05) is 12.3 Å². The minimum Gasteiger partial charge on any atom is -0.375 e. The first-order valence-electron chi connectivity index (χ1n) is 3.63. The summed E-state index contributed by atoms with van der Waals surface area (Å²) < 4.78 is 0. The van der Waals surface area contributed by atoms with Gasteiger partial charge < -0.3 is 11.1 Å². The van der Waals surface area contributed by atoms with Gasteiger partial charge in [0, 0.05) is 5.38 Å². The van der Waals surface area contributed by atoms with Crippen molar-refractivity contribution in [3.8, 4) is 11.8 Å². The van der Waals surface area contributed by atoms with Crippen LogP contribution in [-0.2, 0) is 0 Å². The van der Waals surface area contributed by atoms with Crippen molar-refractivity contribution in [1.29, 1.82) is 0 Å². The van der Waals surface area contributed by atoms with E-state index in [1.54, 1.807) is 12.3 Å². The van der Waals surface area contributed by atoms with Gasteiger partial charge in [0.2, 0.25) is 0 Å². The van der Waals surface area contributed by atoms with Crippen LogP contribution in [0.3, 0.4) is 0 Å². The number of rotatable bonds is 2. The molecule has 0 aliphatic rings.